The molecule has 6 heteroatoms. The van der Waals surface area contributed by atoms with Gasteiger partial charge in [0, 0.05) is 43.8 Å². The summed E-state index contributed by atoms with van der Waals surface area (Å²) < 4.78 is 11.0. The normalized spacial score (nSPS) is 14.8. The Bertz CT molecular complexity index is 817. The van der Waals surface area contributed by atoms with Crippen molar-refractivity contribution in [3.63, 3.8) is 0 Å². The first-order valence-corrected chi connectivity index (χ1v) is 10.4. The van der Waals surface area contributed by atoms with Gasteiger partial charge in [0.1, 0.15) is 11.6 Å². The number of amides is 1. The van der Waals surface area contributed by atoms with Gasteiger partial charge in [0.25, 0.3) is 0 Å². The maximum absolute atomic E-state index is 12.7. The van der Waals surface area contributed by atoms with E-state index in [2.05, 4.69) is 4.98 Å². The molecule has 0 unspecified atom stereocenters. The Labute approximate surface area is 173 Å². The molecule has 6 nitrogen and oxygen atoms in total. The van der Waals surface area contributed by atoms with Crippen LogP contribution in [0, 0.1) is 6.92 Å². The number of likely N-dealkylation sites (tertiary alicyclic amines) is 1. The van der Waals surface area contributed by atoms with Gasteiger partial charge in [-0.15, -0.1) is 0 Å². The number of aromatic nitrogens is 2. The van der Waals surface area contributed by atoms with E-state index in [1.807, 2.05) is 49.2 Å². The number of hydrogen-bond donors (Lipinski definition) is 0. The largest absolute Gasteiger partial charge is 0.496 e. The third-order valence-electron chi connectivity index (χ3n) is 5.52. The zero-order valence-corrected chi connectivity index (χ0v) is 17.7. The third kappa shape index (κ3) is 5.54. The summed E-state index contributed by atoms with van der Waals surface area (Å²) >= 11 is 0. The Morgan fingerprint density at radius 1 is 1.21 bits per heavy atom. The summed E-state index contributed by atoms with van der Waals surface area (Å²) in [6, 6.07) is 7.89. The quantitative estimate of drug-likeness (QED) is 0.680. The van der Waals surface area contributed by atoms with Crippen molar-refractivity contribution in [2.75, 3.05) is 26.8 Å². The standard InChI is InChI=1S/C23H31N3O3/c1-4-29-16-20-15-24-17(2)25-23(20)19-11-13-26(14-12-19)22(27)10-9-18-7-5-6-8-21(18)28-3/h5-8,15,19H,4,9-14,16H2,1-3H3. The second-order valence-electron chi connectivity index (χ2n) is 7.43. The van der Waals surface area contributed by atoms with Gasteiger partial charge in [-0.2, -0.15) is 0 Å². The van der Waals surface area contributed by atoms with Crippen LogP contribution in [0.4, 0.5) is 0 Å². The van der Waals surface area contributed by atoms with Crippen LogP contribution in [-0.2, 0) is 22.6 Å². The number of para-hydroxylation sites is 1. The number of benzene rings is 1. The van der Waals surface area contributed by atoms with E-state index in [1.165, 1.54) is 0 Å². The highest BCUT2D eigenvalue weighted by atomic mass is 16.5. The number of carbonyl (C=O) groups is 1. The highest BCUT2D eigenvalue weighted by Gasteiger charge is 2.26. The van der Waals surface area contributed by atoms with Gasteiger partial charge >= 0.3 is 0 Å². The maximum Gasteiger partial charge on any atom is 0.222 e. The first-order valence-electron chi connectivity index (χ1n) is 10.4. The Hall–Kier alpha value is -2.47. The van der Waals surface area contributed by atoms with Gasteiger partial charge in [0.2, 0.25) is 5.91 Å². The van der Waals surface area contributed by atoms with Crippen LogP contribution in [0.3, 0.4) is 0 Å². The maximum atomic E-state index is 12.7. The Morgan fingerprint density at radius 2 is 1.97 bits per heavy atom. The second kappa shape index (κ2) is 10.3. The van der Waals surface area contributed by atoms with E-state index in [0.717, 1.165) is 54.3 Å². The summed E-state index contributed by atoms with van der Waals surface area (Å²) in [5.41, 5.74) is 3.24. The summed E-state index contributed by atoms with van der Waals surface area (Å²) in [6.45, 7) is 6.67. The van der Waals surface area contributed by atoms with Crippen LogP contribution < -0.4 is 4.74 Å². The lowest BCUT2D eigenvalue weighted by atomic mass is 9.90. The summed E-state index contributed by atoms with van der Waals surface area (Å²) in [6.07, 6.45) is 4.95. The molecule has 1 saturated heterocycles. The molecule has 0 bridgehead atoms. The molecule has 1 aromatic carbocycles. The summed E-state index contributed by atoms with van der Waals surface area (Å²) in [4.78, 5) is 23.7. The number of methoxy groups -OCH3 is 1. The molecule has 2 heterocycles. The molecule has 0 spiro atoms. The molecule has 156 valence electrons. The number of hydrogen-bond acceptors (Lipinski definition) is 5. The minimum Gasteiger partial charge on any atom is -0.496 e. The molecule has 0 N–H and O–H groups in total. The molecule has 0 saturated carbocycles. The van der Waals surface area contributed by atoms with E-state index in [1.54, 1.807) is 7.11 Å². The van der Waals surface area contributed by atoms with E-state index < -0.39 is 0 Å². The number of ether oxygens (including phenoxy) is 2. The predicted octanol–water partition coefficient (Wildman–Crippen LogP) is 3.67. The van der Waals surface area contributed by atoms with Gasteiger partial charge in [-0.1, -0.05) is 18.2 Å². The summed E-state index contributed by atoms with van der Waals surface area (Å²) in [5, 5.41) is 0. The van der Waals surface area contributed by atoms with E-state index in [-0.39, 0.29) is 5.91 Å². The number of piperidine rings is 1. The van der Waals surface area contributed by atoms with Crippen LogP contribution in [0.1, 0.15) is 54.7 Å². The highest BCUT2D eigenvalue weighted by molar-refractivity contribution is 5.76. The molecule has 1 aromatic heterocycles. The van der Waals surface area contributed by atoms with Crippen LogP contribution >= 0.6 is 0 Å². The van der Waals surface area contributed by atoms with Gasteiger partial charge < -0.3 is 14.4 Å². The fourth-order valence-electron chi connectivity index (χ4n) is 3.90. The molecular weight excluding hydrogens is 366 g/mol. The minimum atomic E-state index is 0.211. The van der Waals surface area contributed by atoms with Gasteiger partial charge in [0.15, 0.2) is 0 Å². The zero-order valence-electron chi connectivity index (χ0n) is 17.7. The SMILES string of the molecule is CCOCc1cnc(C)nc1C1CCN(C(=O)CCc2ccccc2OC)CC1. The fraction of sp³-hybridized carbons (Fsp3) is 0.522. The van der Waals surface area contributed by atoms with Crippen LogP contribution in [0.15, 0.2) is 30.5 Å². The Kier molecular flexibility index (Phi) is 7.58. The number of nitrogens with zero attached hydrogens (tertiary/aromatic N) is 3. The molecule has 2 aromatic rings. The van der Waals surface area contributed by atoms with Crippen molar-refractivity contribution in [1.82, 2.24) is 14.9 Å². The third-order valence-corrected chi connectivity index (χ3v) is 5.52. The topological polar surface area (TPSA) is 64.6 Å². The van der Waals surface area contributed by atoms with E-state index >= 15 is 0 Å². The van der Waals surface area contributed by atoms with Crippen LogP contribution in [0.25, 0.3) is 0 Å². The molecule has 29 heavy (non-hydrogen) atoms. The lowest BCUT2D eigenvalue weighted by Gasteiger charge is -2.32. The predicted molar refractivity (Wildman–Crippen MR) is 112 cm³/mol. The summed E-state index contributed by atoms with van der Waals surface area (Å²) in [5.74, 6) is 2.20. The molecule has 0 aliphatic carbocycles. The van der Waals surface area contributed by atoms with Crippen molar-refractivity contribution in [3.8, 4) is 5.75 Å². The Balaban J connectivity index is 1.56. The number of rotatable bonds is 8. The van der Waals surface area contributed by atoms with Crippen molar-refractivity contribution in [1.29, 1.82) is 0 Å². The molecule has 3 rings (SSSR count). The van der Waals surface area contributed by atoms with Crippen molar-refractivity contribution >= 4 is 5.91 Å². The monoisotopic (exact) mass is 397 g/mol. The van der Waals surface area contributed by atoms with Crippen molar-refractivity contribution < 1.29 is 14.3 Å². The molecule has 0 radical (unpaired) electrons. The lowest BCUT2D eigenvalue weighted by molar-refractivity contribution is -0.132. The fourth-order valence-corrected chi connectivity index (χ4v) is 3.90. The first-order chi connectivity index (χ1) is 14.1. The van der Waals surface area contributed by atoms with E-state index in [9.17, 15) is 4.79 Å². The van der Waals surface area contributed by atoms with Gasteiger partial charge in [-0.25, -0.2) is 9.97 Å². The Morgan fingerprint density at radius 3 is 2.69 bits per heavy atom. The van der Waals surface area contributed by atoms with Gasteiger partial charge in [-0.05, 0) is 44.7 Å². The minimum absolute atomic E-state index is 0.211. The van der Waals surface area contributed by atoms with Crippen molar-refractivity contribution in [2.24, 2.45) is 0 Å². The number of carbonyl (C=O) groups excluding carboxylic acids is 1. The van der Waals surface area contributed by atoms with Gasteiger partial charge in [-0.3, -0.25) is 4.79 Å². The zero-order chi connectivity index (χ0) is 20.6. The summed E-state index contributed by atoms with van der Waals surface area (Å²) in [7, 11) is 1.67. The van der Waals surface area contributed by atoms with Crippen LogP contribution in [0.2, 0.25) is 0 Å². The molecule has 1 aliphatic heterocycles. The molecule has 1 amide bonds. The number of aryl methyl sites for hydroxylation is 2. The molecule has 1 aliphatic rings. The van der Waals surface area contributed by atoms with Crippen LogP contribution in [-0.4, -0.2) is 47.6 Å². The lowest BCUT2D eigenvalue weighted by Crippen LogP contribution is -2.38. The van der Waals surface area contributed by atoms with Crippen molar-refractivity contribution in [2.45, 2.75) is 52.1 Å². The average molecular weight is 398 g/mol. The molecule has 0 atom stereocenters. The second-order valence-corrected chi connectivity index (χ2v) is 7.43. The average Bonchev–Trinajstić information content (AvgIpc) is 2.77. The van der Waals surface area contributed by atoms with Crippen LogP contribution in [0.5, 0.6) is 5.75 Å². The van der Waals surface area contributed by atoms with Gasteiger partial charge in [0.05, 0.1) is 19.4 Å². The first kappa shape index (κ1) is 21.2. The smallest absolute Gasteiger partial charge is 0.222 e. The van der Waals surface area contributed by atoms with E-state index in [0.29, 0.717) is 32.0 Å². The van der Waals surface area contributed by atoms with E-state index in [4.69, 9.17) is 14.5 Å². The molecular formula is C23H31N3O3. The molecule has 1 fully saturated rings. The highest BCUT2D eigenvalue weighted by Crippen LogP contribution is 2.30. The van der Waals surface area contributed by atoms with Crippen molar-refractivity contribution in [3.05, 3.63) is 53.1 Å².